The number of pyridine rings is 1. The number of alkyl halides is 2. The van der Waals surface area contributed by atoms with Gasteiger partial charge in [0.15, 0.2) is 0 Å². The predicted molar refractivity (Wildman–Crippen MR) is 55.0 cm³/mol. The molecule has 5 nitrogen and oxygen atoms in total. The lowest BCUT2D eigenvalue weighted by Gasteiger charge is -2.07. The molecule has 0 radical (unpaired) electrons. The molecule has 0 unspecified atom stereocenters. The summed E-state index contributed by atoms with van der Waals surface area (Å²) in [4.78, 5) is 3.71. The molecule has 16 heavy (non-hydrogen) atoms. The zero-order chi connectivity index (χ0) is 12.2. The van der Waals surface area contributed by atoms with E-state index in [1.54, 1.807) is 11.8 Å². The van der Waals surface area contributed by atoms with E-state index in [0.717, 1.165) is 0 Å². The van der Waals surface area contributed by atoms with Crippen LogP contribution in [-0.2, 0) is 10.0 Å². The first-order chi connectivity index (χ1) is 7.45. The molecule has 0 aliphatic heterocycles. The summed E-state index contributed by atoms with van der Waals surface area (Å²) < 4.78 is 48.6. The summed E-state index contributed by atoms with van der Waals surface area (Å²) in [5.41, 5.74) is 0. The Hall–Kier alpha value is -1.28. The largest absolute Gasteiger partial charge is 0.373 e. The third kappa shape index (κ3) is 3.38. The van der Waals surface area contributed by atoms with E-state index in [4.69, 9.17) is 0 Å². The van der Waals surface area contributed by atoms with E-state index in [1.807, 2.05) is 0 Å². The Morgan fingerprint density at radius 1 is 1.50 bits per heavy atom. The average Bonchev–Trinajstić information content (AvgIpc) is 2.27. The lowest BCUT2D eigenvalue weighted by atomic mass is 10.5. The van der Waals surface area contributed by atoms with Gasteiger partial charge < -0.3 is 5.32 Å². The second-order valence-corrected chi connectivity index (χ2v) is 4.64. The topological polar surface area (TPSA) is 71.1 Å². The van der Waals surface area contributed by atoms with E-state index in [1.165, 1.54) is 18.3 Å². The fraction of sp³-hybridized carbons (Fsp3) is 0.375. The van der Waals surface area contributed by atoms with Crippen LogP contribution in [0.15, 0.2) is 23.2 Å². The van der Waals surface area contributed by atoms with Gasteiger partial charge in [0, 0.05) is 19.3 Å². The Morgan fingerprint density at radius 3 is 2.75 bits per heavy atom. The van der Waals surface area contributed by atoms with Gasteiger partial charge in [-0.2, -0.15) is 0 Å². The summed E-state index contributed by atoms with van der Waals surface area (Å²) >= 11 is 0. The molecule has 0 bridgehead atoms. The summed E-state index contributed by atoms with van der Waals surface area (Å²) in [6.07, 6.45) is -1.44. The normalized spacial score (nSPS) is 11.8. The van der Waals surface area contributed by atoms with Crippen LogP contribution in [0.2, 0.25) is 0 Å². The standard InChI is InChI=1S/C8H11F2N3O2S/c1-11-8-4-6(2-3-12-8)16(14,15)13-5-7(9)10/h2-4,7,13H,5H2,1H3,(H,11,12). The van der Waals surface area contributed by atoms with Crippen LogP contribution in [0.1, 0.15) is 0 Å². The Balaban J connectivity index is 2.89. The van der Waals surface area contributed by atoms with E-state index < -0.39 is 23.0 Å². The van der Waals surface area contributed by atoms with Gasteiger partial charge in [0.05, 0.1) is 11.4 Å². The Bertz CT molecular complexity index is 450. The number of halogens is 2. The third-order valence-corrected chi connectivity index (χ3v) is 3.15. The summed E-state index contributed by atoms with van der Waals surface area (Å²) in [6.45, 7) is -0.903. The molecular weight excluding hydrogens is 240 g/mol. The fourth-order valence-electron chi connectivity index (χ4n) is 0.971. The molecule has 2 N–H and O–H groups in total. The van der Waals surface area contributed by atoms with Crippen molar-refractivity contribution in [3.05, 3.63) is 18.3 Å². The Labute approximate surface area is 91.9 Å². The predicted octanol–water partition coefficient (Wildman–Crippen LogP) is 0.667. The molecule has 0 fully saturated rings. The molecule has 8 heteroatoms. The minimum absolute atomic E-state index is 0.104. The molecule has 0 saturated heterocycles. The van der Waals surface area contributed by atoms with E-state index in [-0.39, 0.29) is 4.90 Å². The quantitative estimate of drug-likeness (QED) is 0.806. The maximum Gasteiger partial charge on any atom is 0.251 e. The molecular formula is C8H11F2N3O2S. The van der Waals surface area contributed by atoms with Gasteiger partial charge in [-0.15, -0.1) is 0 Å². The maximum absolute atomic E-state index is 11.9. The molecule has 0 saturated carbocycles. The van der Waals surface area contributed by atoms with Gasteiger partial charge in [-0.05, 0) is 6.07 Å². The highest BCUT2D eigenvalue weighted by Crippen LogP contribution is 2.12. The van der Waals surface area contributed by atoms with Gasteiger partial charge >= 0.3 is 0 Å². The van der Waals surface area contributed by atoms with Gasteiger partial charge in [-0.1, -0.05) is 0 Å². The van der Waals surface area contributed by atoms with Crippen LogP contribution < -0.4 is 10.0 Å². The molecule has 1 aromatic rings. The first-order valence-electron chi connectivity index (χ1n) is 4.37. The van der Waals surface area contributed by atoms with Gasteiger partial charge in [0.1, 0.15) is 5.82 Å². The zero-order valence-electron chi connectivity index (χ0n) is 8.44. The maximum atomic E-state index is 11.9. The lowest BCUT2D eigenvalue weighted by Crippen LogP contribution is -2.28. The smallest absolute Gasteiger partial charge is 0.251 e. The molecule has 0 aliphatic carbocycles. The molecule has 0 atom stereocenters. The molecule has 0 spiro atoms. The minimum atomic E-state index is -3.90. The highest BCUT2D eigenvalue weighted by Gasteiger charge is 2.16. The summed E-state index contributed by atoms with van der Waals surface area (Å²) in [5.74, 6) is 0.347. The van der Waals surface area contributed by atoms with Crippen molar-refractivity contribution in [1.82, 2.24) is 9.71 Å². The van der Waals surface area contributed by atoms with Gasteiger partial charge in [-0.3, -0.25) is 0 Å². The highest BCUT2D eigenvalue weighted by molar-refractivity contribution is 7.89. The first-order valence-corrected chi connectivity index (χ1v) is 5.85. The van der Waals surface area contributed by atoms with E-state index >= 15 is 0 Å². The van der Waals surface area contributed by atoms with Crippen molar-refractivity contribution in [3.8, 4) is 0 Å². The van der Waals surface area contributed by atoms with Crippen molar-refractivity contribution >= 4 is 15.8 Å². The number of nitrogens with zero attached hydrogens (tertiary/aromatic N) is 1. The van der Waals surface area contributed by atoms with Crippen molar-refractivity contribution in [1.29, 1.82) is 0 Å². The number of rotatable bonds is 5. The lowest BCUT2D eigenvalue weighted by molar-refractivity contribution is 0.153. The Morgan fingerprint density at radius 2 is 2.19 bits per heavy atom. The summed E-state index contributed by atoms with van der Waals surface area (Å²) in [7, 11) is -2.32. The van der Waals surface area contributed by atoms with E-state index in [2.05, 4.69) is 10.3 Å². The van der Waals surface area contributed by atoms with Crippen LogP contribution >= 0.6 is 0 Å². The number of hydrogen-bond acceptors (Lipinski definition) is 4. The average molecular weight is 251 g/mol. The molecule has 0 aliphatic rings. The second-order valence-electron chi connectivity index (χ2n) is 2.87. The van der Waals surface area contributed by atoms with Crippen molar-refractivity contribution in [2.45, 2.75) is 11.3 Å². The minimum Gasteiger partial charge on any atom is -0.373 e. The van der Waals surface area contributed by atoms with Gasteiger partial charge in [0.2, 0.25) is 10.0 Å². The zero-order valence-corrected chi connectivity index (χ0v) is 9.26. The van der Waals surface area contributed by atoms with Crippen LogP contribution in [-0.4, -0.2) is 33.4 Å². The molecule has 1 aromatic heterocycles. The molecule has 1 heterocycles. The SMILES string of the molecule is CNc1cc(S(=O)(=O)NCC(F)F)ccn1. The van der Waals surface area contributed by atoms with Gasteiger partial charge in [0.25, 0.3) is 6.43 Å². The third-order valence-electron chi connectivity index (χ3n) is 1.73. The van der Waals surface area contributed by atoms with Gasteiger partial charge in [-0.25, -0.2) is 26.9 Å². The Kier molecular flexibility index (Phi) is 4.13. The summed E-state index contributed by atoms with van der Waals surface area (Å²) in [6, 6.07) is 2.49. The van der Waals surface area contributed by atoms with Crippen LogP contribution in [0.25, 0.3) is 0 Å². The van der Waals surface area contributed by atoms with Crippen LogP contribution in [0.3, 0.4) is 0 Å². The molecule has 0 aromatic carbocycles. The summed E-state index contributed by atoms with van der Waals surface area (Å²) in [5, 5.41) is 2.65. The van der Waals surface area contributed by atoms with Crippen LogP contribution in [0, 0.1) is 0 Å². The number of nitrogens with one attached hydrogen (secondary N) is 2. The van der Waals surface area contributed by atoms with Crippen molar-refractivity contribution in [3.63, 3.8) is 0 Å². The monoisotopic (exact) mass is 251 g/mol. The molecule has 90 valence electrons. The fourth-order valence-corrected chi connectivity index (χ4v) is 1.99. The highest BCUT2D eigenvalue weighted by atomic mass is 32.2. The molecule has 1 rings (SSSR count). The van der Waals surface area contributed by atoms with E-state index in [9.17, 15) is 17.2 Å². The number of sulfonamides is 1. The number of hydrogen-bond donors (Lipinski definition) is 2. The van der Waals surface area contributed by atoms with Crippen molar-refractivity contribution in [2.24, 2.45) is 0 Å². The number of anilines is 1. The number of aromatic nitrogens is 1. The second kappa shape index (κ2) is 5.17. The molecule has 0 amide bonds. The van der Waals surface area contributed by atoms with Crippen LogP contribution in [0.4, 0.5) is 14.6 Å². The van der Waals surface area contributed by atoms with Crippen molar-refractivity contribution < 1.29 is 17.2 Å². The van der Waals surface area contributed by atoms with E-state index in [0.29, 0.717) is 5.82 Å². The van der Waals surface area contributed by atoms with Crippen molar-refractivity contribution in [2.75, 3.05) is 18.9 Å². The van der Waals surface area contributed by atoms with Crippen LogP contribution in [0.5, 0.6) is 0 Å². The first kappa shape index (κ1) is 12.8.